The van der Waals surface area contributed by atoms with Gasteiger partial charge in [-0.25, -0.2) is 0 Å². The topological polar surface area (TPSA) is 70.8 Å². The third kappa shape index (κ3) is 2.48. The number of nitrogens with zero attached hydrogens (tertiary/aromatic N) is 3. The molecule has 5 nitrogen and oxygen atoms in total. The number of nitrogens with one attached hydrogen (secondary N) is 1. The molecule has 106 valence electrons. The highest BCUT2D eigenvalue weighted by molar-refractivity contribution is 5.31. The number of piperidine rings is 1. The van der Waals surface area contributed by atoms with Crippen molar-refractivity contribution in [3.05, 3.63) is 5.82 Å². The summed E-state index contributed by atoms with van der Waals surface area (Å²) in [5.41, 5.74) is 6.38. The molecule has 0 aromatic carbocycles. The van der Waals surface area contributed by atoms with Crippen molar-refractivity contribution in [2.75, 3.05) is 18.0 Å². The van der Waals surface area contributed by atoms with Gasteiger partial charge in [0.15, 0.2) is 0 Å². The Bertz CT molecular complexity index is 442. The van der Waals surface area contributed by atoms with E-state index in [2.05, 4.69) is 40.9 Å². The molecule has 2 unspecified atom stereocenters. The average Bonchev–Trinajstić information content (AvgIpc) is 2.82. The first kappa shape index (κ1) is 12.9. The maximum absolute atomic E-state index is 5.98. The summed E-state index contributed by atoms with van der Waals surface area (Å²) in [5, 5.41) is 7.52. The van der Waals surface area contributed by atoms with Crippen LogP contribution in [-0.2, 0) is 0 Å². The molecule has 3 N–H and O–H groups in total. The van der Waals surface area contributed by atoms with Crippen molar-refractivity contribution in [1.82, 2.24) is 15.2 Å². The van der Waals surface area contributed by atoms with E-state index in [1.165, 1.54) is 6.42 Å². The molecular formula is C14H25N5. The SMILES string of the molecule is CC(N)C1CCN(c2n[nH]c(C3CC3(C)C)n2)CC1. The molecule has 1 saturated heterocycles. The first-order valence-corrected chi connectivity index (χ1v) is 7.40. The molecule has 2 fully saturated rings. The molecule has 1 aliphatic heterocycles. The van der Waals surface area contributed by atoms with Gasteiger partial charge < -0.3 is 10.6 Å². The highest BCUT2D eigenvalue weighted by Gasteiger charge is 2.48. The Labute approximate surface area is 115 Å². The normalized spacial score (nSPS) is 28.4. The number of hydrogen-bond acceptors (Lipinski definition) is 4. The second-order valence-corrected chi connectivity index (χ2v) is 6.95. The van der Waals surface area contributed by atoms with E-state index in [0.29, 0.717) is 23.3 Å². The fourth-order valence-electron chi connectivity index (χ4n) is 3.12. The summed E-state index contributed by atoms with van der Waals surface area (Å²) in [4.78, 5) is 6.98. The lowest BCUT2D eigenvalue weighted by Crippen LogP contribution is -2.40. The minimum Gasteiger partial charge on any atom is -0.340 e. The number of rotatable bonds is 3. The van der Waals surface area contributed by atoms with E-state index in [-0.39, 0.29) is 0 Å². The maximum atomic E-state index is 5.98. The van der Waals surface area contributed by atoms with Gasteiger partial charge in [-0.2, -0.15) is 4.98 Å². The first-order chi connectivity index (χ1) is 8.97. The van der Waals surface area contributed by atoms with Crippen molar-refractivity contribution >= 4 is 5.95 Å². The van der Waals surface area contributed by atoms with E-state index in [1.54, 1.807) is 0 Å². The fourth-order valence-corrected chi connectivity index (χ4v) is 3.12. The van der Waals surface area contributed by atoms with Gasteiger partial charge in [-0.05, 0) is 37.5 Å². The highest BCUT2D eigenvalue weighted by atomic mass is 15.4. The van der Waals surface area contributed by atoms with Crippen LogP contribution in [0.3, 0.4) is 0 Å². The number of H-pyrrole nitrogens is 1. The smallest absolute Gasteiger partial charge is 0.244 e. The Morgan fingerprint density at radius 1 is 1.37 bits per heavy atom. The van der Waals surface area contributed by atoms with Crippen molar-refractivity contribution < 1.29 is 0 Å². The Kier molecular flexibility index (Phi) is 3.04. The zero-order chi connectivity index (χ0) is 13.6. The molecule has 2 heterocycles. The van der Waals surface area contributed by atoms with E-state index < -0.39 is 0 Å². The van der Waals surface area contributed by atoms with E-state index in [1.807, 2.05) is 0 Å². The zero-order valence-electron chi connectivity index (χ0n) is 12.2. The third-order valence-electron chi connectivity index (χ3n) is 4.90. The quantitative estimate of drug-likeness (QED) is 0.873. The number of nitrogens with two attached hydrogens (primary N) is 1. The van der Waals surface area contributed by atoms with Crippen LogP contribution < -0.4 is 10.6 Å². The molecule has 1 aromatic rings. The highest BCUT2D eigenvalue weighted by Crippen LogP contribution is 2.57. The first-order valence-electron chi connectivity index (χ1n) is 7.40. The van der Waals surface area contributed by atoms with Crippen LogP contribution in [0.2, 0.25) is 0 Å². The molecule has 1 saturated carbocycles. The lowest BCUT2D eigenvalue weighted by molar-refractivity contribution is 0.352. The van der Waals surface area contributed by atoms with Gasteiger partial charge in [0.1, 0.15) is 5.82 Å². The van der Waals surface area contributed by atoms with Crippen molar-refractivity contribution in [2.24, 2.45) is 17.1 Å². The van der Waals surface area contributed by atoms with Crippen molar-refractivity contribution in [1.29, 1.82) is 0 Å². The van der Waals surface area contributed by atoms with Gasteiger partial charge in [-0.1, -0.05) is 13.8 Å². The average molecular weight is 263 g/mol. The van der Waals surface area contributed by atoms with Crippen LogP contribution in [-0.4, -0.2) is 34.3 Å². The molecule has 1 aliphatic carbocycles. The Balaban J connectivity index is 1.62. The van der Waals surface area contributed by atoms with Crippen LogP contribution >= 0.6 is 0 Å². The molecule has 2 aliphatic rings. The van der Waals surface area contributed by atoms with Crippen LogP contribution in [0.15, 0.2) is 0 Å². The minimum atomic E-state index is 0.303. The minimum absolute atomic E-state index is 0.303. The number of aromatic nitrogens is 3. The molecule has 2 atom stereocenters. The second-order valence-electron chi connectivity index (χ2n) is 6.95. The molecule has 0 radical (unpaired) electrons. The summed E-state index contributed by atoms with van der Waals surface area (Å²) in [6.45, 7) is 8.73. The monoisotopic (exact) mass is 263 g/mol. The van der Waals surface area contributed by atoms with Crippen LogP contribution in [0.25, 0.3) is 0 Å². The molecular weight excluding hydrogens is 238 g/mol. The van der Waals surface area contributed by atoms with Crippen LogP contribution in [0, 0.1) is 11.3 Å². The molecule has 0 amide bonds. The van der Waals surface area contributed by atoms with Crippen LogP contribution in [0.4, 0.5) is 5.95 Å². The van der Waals surface area contributed by atoms with Gasteiger partial charge in [-0.15, -0.1) is 5.10 Å². The van der Waals surface area contributed by atoms with Crippen LogP contribution in [0.1, 0.15) is 51.8 Å². The van der Waals surface area contributed by atoms with E-state index in [4.69, 9.17) is 5.73 Å². The summed E-state index contributed by atoms with van der Waals surface area (Å²) in [6.07, 6.45) is 3.52. The lowest BCUT2D eigenvalue weighted by atomic mass is 9.91. The summed E-state index contributed by atoms with van der Waals surface area (Å²) in [6, 6.07) is 0.303. The van der Waals surface area contributed by atoms with Gasteiger partial charge in [0, 0.05) is 25.0 Å². The summed E-state index contributed by atoms with van der Waals surface area (Å²) in [5.74, 6) is 3.16. The molecule has 0 spiro atoms. The Morgan fingerprint density at radius 3 is 2.53 bits per heavy atom. The zero-order valence-corrected chi connectivity index (χ0v) is 12.2. The maximum Gasteiger partial charge on any atom is 0.244 e. The van der Waals surface area contributed by atoms with Crippen molar-refractivity contribution in [2.45, 2.75) is 52.0 Å². The van der Waals surface area contributed by atoms with Gasteiger partial charge in [0.2, 0.25) is 5.95 Å². The number of anilines is 1. The second kappa shape index (κ2) is 4.47. The van der Waals surface area contributed by atoms with E-state index in [9.17, 15) is 0 Å². The van der Waals surface area contributed by atoms with Gasteiger partial charge >= 0.3 is 0 Å². The Hall–Kier alpha value is -1.10. The molecule has 3 rings (SSSR count). The molecule has 19 heavy (non-hydrogen) atoms. The predicted octanol–water partition coefficient (Wildman–Crippen LogP) is 1.88. The van der Waals surface area contributed by atoms with Crippen LogP contribution in [0.5, 0.6) is 0 Å². The van der Waals surface area contributed by atoms with Gasteiger partial charge in [0.25, 0.3) is 0 Å². The lowest BCUT2D eigenvalue weighted by Gasteiger charge is -2.32. The number of aromatic amines is 1. The summed E-state index contributed by atoms with van der Waals surface area (Å²) >= 11 is 0. The molecule has 5 heteroatoms. The Morgan fingerprint density at radius 2 is 2.00 bits per heavy atom. The standard InChI is InChI=1S/C14H25N5/c1-9(15)10-4-6-19(7-5-10)13-16-12(17-18-13)11-8-14(11,2)3/h9-11H,4-8,15H2,1-3H3,(H,16,17,18). The predicted molar refractivity (Wildman–Crippen MR) is 76.1 cm³/mol. The molecule has 0 bridgehead atoms. The summed E-state index contributed by atoms with van der Waals surface area (Å²) in [7, 11) is 0. The molecule has 1 aromatic heterocycles. The fraction of sp³-hybridized carbons (Fsp3) is 0.857. The largest absolute Gasteiger partial charge is 0.340 e. The van der Waals surface area contributed by atoms with Gasteiger partial charge in [0.05, 0.1) is 0 Å². The van der Waals surface area contributed by atoms with Crippen molar-refractivity contribution in [3.8, 4) is 0 Å². The van der Waals surface area contributed by atoms with E-state index >= 15 is 0 Å². The van der Waals surface area contributed by atoms with Gasteiger partial charge in [-0.3, -0.25) is 5.10 Å². The number of hydrogen-bond donors (Lipinski definition) is 2. The third-order valence-corrected chi connectivity index (χ3v) is 4.90. The van der Waals surface area contributed by atoms with Crippen molar-refractivity contribution in [3.63, 3.8) is 0 Å². The summed E-state index contributed by atoms with van der Waals surface area (Å²) < 4.78 is 0. The van der Waals surface area contributed by atoms with E-state index in [0.717, 1.165) is 37.7 Å².